The van der Waals surface area contributed by atoms with E-state index in [2.05, 4.69) is 30.5 Å². The van der Waals surface area contributed by atoms with Gasteiger partial charge >= 0.3 is 0 Å². The number of nitrogens with two attached hydrogens (primary N) is 1. The number of pyridine rings is 1. The number of aryl methyl sites for hydroxylation is 1. The second kappa shape index (κ2) is 8.73. The van der Waals surface area contributed by atoms with Crippen molar-refractivity contribution in [2.45, 2.75) is 19.3 Å². The van der Waals surface area contributed by atoms with Gasteiger partial charge in [-0.15, -0.1) is 0 Å². The third kappa shape index (κ3) is 4.37. The molecule has 3 rings (SSSR count). The number of H-pyrrole nitrogens is 1. The molecular weight excluding hydrogens is 344 g/mol. The van der Waals surface area contributed by atoms with Crippen molar-refractivity contribution in [2.75, 3.05) is 19.0 Å². The van der Waals surface area contributed by atoms with Crippen LogP contribution in [0.5, 0.6) is 5.75 Å². The van der Waals surface area contributed by atoms with Crippen LogP contribution in [0.1, 0.15) is 24.2 Å². The topological polar surface area (TPSA) is 138 Å². The van der Waals surface area contributed by atoms with Crippen LogP contribution in [0.4, 0.5) is 11.6 Å². The number of nitriles is 1. The normalized spacial score (nSPS) is 10.4. The molecule has 0 aliphatic rings. The van der Waals surface area contributed by atoms with Gasteiger partial charge in [-0.25, -0.2) is 9.97 Å². The summed E-state index contributed by atoms with van der Waals surface area (Å²) in [4.78, 5) is 12.6. The van der Waals surface area contributed by atoms with Gasteiger partial charge in [-0.05, 0) is 31.9 Å². The van der Waals surface area contributed by atoms with E-state index in [1.54, 1.807) is 13.3 Å². The zero-order valence-electron chi connectivity index (χ0n) is 14.9. The highest BCUT2D eigenvalue weighted by Gasteiger charge is 2.15. The molecule has 0 unspecified atom stereocenters. The van der Waals surface area contributed by atoms with Crippen LogP contribution in [0.15, 0.2) is 30.7 Å². The molecule has 0 saturated heterocycles. The fraction of sp³-hybridized carbons (Fsp3) is 0.278. The first-order valence-electron chi connectivity index (χ1n) is 8.52. The third-order valence-electron chi connectivity index (χ3n) is 3.95. The number of anilines is 2. The van der Waals surface area contributed by atoms with Gasteiger partial charge in [-0.2, -0.15) is 10.4 Å². The van der Waals surface area contributed by atoms with Crippen LogP contribution in [0.2, 0.25) is 0 Å². The van der Waals surface area contributed by atoms with Crippen LogP contribution in [-0.2, 0) is 6.42 Å². The maximum atomic E-state index is 8.79. The Balaban J connectivity index is 1.85. The third-order valence-corrected chi connectivity index (χ3v) is 3.95. The molecule has 0 saturated carbocycles. The average Bonchev–Trinajstić information content (AvgIpc) is 3.16. The Bertz CT molecular complexity index is 929. The van der Waals surface area contributed by atoms with Gasteiger partial charge in [0.1, 0.15) is 17.6 Å². The van der Waals surface area contributed by atoms with Crippen LogP contribution in [0, 0.1) is 11.3 Å². The molecule has 9 nitrogen and oxygen atoms in total. The molecule has 27 heavy (non-hydrogen) atoms. The fourth-order valence-corrected chi connectivity index (χ4v) is 2.67. The number of rotatable bonds is 8. The first-order valence-corrected chi connectivity index (χ1v) is 8.52. The number of methoxy groups -OCH3 is 1. The molecule has 0 bridgehead atoms. The van der Waals surface area contributed by atoms with Crippen molar-refractivity contribution in [2.24, 2.45) is 5.73 Å². The maximum absolute atomic E-state index is 8.79. The Morgan fingerprint density at radius 2 is 2.11 bits per heavy atom. The molecule has 3 heterocycles. The van der Waals surface area contributed by atoms with Crippen LogP contribution in [0.3, 0.4) is 0 Å². The summed E-state index contributed by atoms with van der Waals surface area (Å²) in [5.41, 5.74) is 8.44. The summed E-state index contributed by atoms with van der Waals surface area (Å²) < 4.78 is 5.51. The van der Waals surface area contributed by atoms with E-state index >= 15 is 0 Å². The van der Waals surface area contributed by atoms with Gasteiger partial charge in [0.05, 0.1) is 36.5 Å². The van der Waals surface area contributed by atoms with E-state index in [0.717, 1.165) is 42.0 Å². The summed E-state index contributed by atoms with van der Waals surface area (Å²) in [7, 11) is 1.63. The number of nitrogens with zero attached hydrogens (tertiary/aromatic N) is 5. The molecule has 4 N–H and O–H groups in total. The van der Waals surface area contributed by atoms with Crippen molar-refractivity contribution in [1.29, 1.82) is 5.26 Å². The summed E-state index contributed by atoms with van der Waals surface area (Å²) in [6.45, 7) is 0.656. The highest BCUT2D eigenvalue weighted by molar-refractivity contribution is 5.72. The molecular formula is C18H20N8O. The van der Waals surface area contributed by atoms with Gasteiger partial charge in [-0.3, -0.25) is 10.1 Å². The summed E-state index contributed by atoms with van der Waals surface area (Å²) in [6, 6.07) is 5.61. The number of hydrogen-bond donors (Lipinski definition) is 3. The molecule has 0 radical (unpaired) electrons. The number of unbranched alkanes of at least 4 members (excludes halogenated alkanes) is 1. The summed E-state index contributed by atoms with van der Waals surface area (Å²) in [6.07, 6.45) is 7.30. The number of hydrogen-bond acceptors (Lipinski definition) is 8. The van der Waals surface area contributed by atoms with Gasteiger partial charge < -0.3 is 15.8 Å². The molecule has 3 aromatic heterocycles. The van der Waals surface area contributed by atoms with E-state index in [9.17, 15) is 0 Å². The minimum absolute atomic E-state index is 0.255. The summed E-state index contributed by atoms with van der Waals surface area (Å²) in [5, 5.41) is 19.1. The fourth-order valence-electron chi connectivity index (χ4n) is 2.67. The smallest absolute Gasteiger partial charge is 0.158 e. The lowest BCUT2D eigenvalue weighted by Gasteiger charge is -2.11. The Morgan fingerprint density at radius 1 is 1.22 bits per heavy atom. The number of nitrogens with one attached hydrogen (secondary N) is 2. The second-order valence-corrected chi connectivity index (χ2v) is 5.77. The second-order valence-electron chi connectivity index (χ2n) is 5.77. The summed E-state index contributed by atoms with van der Waals surface area (Å²) in [5.74, 6) is 1.79. The molecule has 0 amide bonds. The minimum atomic E-state index is 0.255. The lowest BCUT2D eigenvalue weighted by atomic mass is 10.0. The molecule has 9 heteroatoms. The van der Waals surface area contributed by atoms with E-state index in [-0.39, 0.29) is 5.69 Å². The standard InChI is InChI=1S/C18H20N8O/c1-27-15-5-7-21-13(4-2-3-6-19)18(15)14-8-16(26-25-14)24-17-11-22-12(9-20)10-23-17/h5,7-8,10-11H,2-4,6,19H2,1H3,(H2,23,24,25,26). The number of aromatic nitrogens is 5. The van der Waals surface area contributed by atoms with E-state index in [1.807, 2.05) is 18.2 Å². The molecule has 0 aromatic carbocycles. The molecule has 0 aliphatic carbocycles. The van der Waals surface area contributed by atoms with E-state index in [0.29, 0.717) is 18.2 Å². The van der Waals surface area contributed by atoms with Crippen LogP contribution in [0.25, 0.3) is 11.3 Å². The largest absolute Gasteiger partial charge is 0.496 e. The van der Waals surface area contributed by atoms with E-state index < -0.39 is 0 Å². The molecule has 0 aliphatic heterocycles. The van der Waals surface area contributed by atoms with Crippen molar-refractivity contribution in [3.05, 3.63) is 42.1 Å². The molecule has 0 spiro atoms. The van der Waals surface area contributed by atoms with Crippen molar-refractivity contribution in [3.63, 3.8) is 0 Å². The maximum Gasteiger partial charge on any atom is 0.158 e. The Kier molecular flexibility index (Phi) is 5.91. The van der Waals surface area contributed by atoms with Gasteiger partial charge in [-0.1, -0.05) is 0 Å². The Hall–Kier alpha value is -3.51. The lowest BCUT2D eigenvalue weighted by molar-refractivity contribution is 0.415. The predicted octanol–water partition coefficient (Wildman–Crippen LogP) is 2.17. The van der Waals surface area contributed by atoms with Crippen molar-refractivity contribution in [3.8, 4) is 23.1 Å². The van der Waals surface area contributed by atoms with Crippen LogP contribution >= 0.6 is 0 Å². The number of ether oxygens (including phenoxy) is 1. The highest BCUT2D eigenvalue weighted by Crippen LogP contribution is 2.33. The number of aromatic amines is 1. The van der Waals surface area contributed by atoms with Crippen molar-refractivity contribution in [1.82, 2.24) is 25.1 Å². The first-order chi connectivity index (χ1) is 13.2. The predicted molar refractivity (Wildman–Crippen MR) is 100 cm³/mol. The quantitative estimate of drug-likeness (QED) is 0.517. The van der Waals surface area contributed by atoms with Gasteiger partial charge in [0.2, 0.25) is 0 Å². The van der Waals surface area contributed by atoms with Crippen LogP contribution < -0.4 is 15.8 Å². The SMILES string of the molecule is COc1ccnc(CCCCN)c1-c1cc(Nc2cnc(C#N)cn2)n[nH]1. The summed E-state index contributed by atoms with van der Waals surface area (Å²) >= 11 is 0. The monoisotopic (exact) mass is 364 g/mol. The molecule has 0 fully saturated rings. The lowest BCUT2D eigenvalue weighted by Crippen LogP contribution is -2.02. The van der Waals surface area contributed by atoms with Gasteiger partial charge in [0, 0.05) is 12.3 Å². The van der Waals surface area contributed by atoms with Crippen molar-refractivity contribution >= 4 is 11.6 Å². The van der Waals surface area contributed by atoms with Crippen LogP contribution in [-0.4, -0.2) is 38.8 Å². The highest BCUT2D eigenvalue weighted by atomic mass is 16.5. The van der Waals surface area contributed by atoms with E-state index in [1.165, 1.54) is 12.4 Å². The van der Waals surface area contributed by atoms with E-state index in [4.69, 9.17) is 15.7 Å². The molecule has 0 atom stereocenters. The molecule has 138 valence electrons. The Morgan fingerprint density at radius 3 is 2.81 bits per heavy atom. The minimum Gasteiger partial charge on any atom is -0.496 e. The van der Waals surface area contributed by atoms with Crippen molar-refractivity contribution < 1.29 is 4.74 Å². The molecule has 3 aromatic rings. The zero-order valence-corrected chi connectivity index (χ0v) is 14.9. The Labute approximate surface area is 156 Å². The first kappa shape index (κ1) is 18.3. The van der Waals surface area contributed by atoms with Gasteiger partial charge in [0.15, 0.2) is 11.5 Å². The van der Waals surface area contributed by atoms with Gasteiger partial charge in [0.25, 0.3) is 0 Å². The average molecular weight is 364 g/mol. The zero-order chi connectivity index (χ0) is 19.1.